The highest BCUT2D eigenvalue weighted by Crippen LogP contribution is 1.95. The summed E-state index contributed by atoms with van der Waals surface area (Å²) in [7, 11) is 0. The maximum Gasteiger partial charge on any atom is 0.254 e. The number of primary amides is 1. The van der Waals surface area contributed by atoms with E-state index in [0.29, 0.717) is 5.56 Å². The molecule has 0 saturated carbocycles. The second kappa shape index (κ2) is 7.40. The standard InChI is InChI=1S/C11H16N2O.BrH/c1-2-3-4-7-13-8-5-6-10(9-13)11(12)14;/h5-6,8-9H,2-4,7H2,1H3,(H-,12,14);1H. The van der Waals surface area contributed by atoms with Crippen LogP contribution in [0.5, 0.6) is 0 Å². The fourth-order valence-corrected chi connectivity index (χ4v) is 1.35. The summed E-state index contributed by atoms with van der Waals surface area (Å²) in [6.45, 7) is 3.12. The SMILES string of the molecule is CCCCC[n+]1cccc(C(N)=O)c1.[Br-]. The number of carbonyl (C=O) groups is 1. The Balaban J connectivity index is 0.00000196. The van der Waals surface area contributed by atoms with Crippen LogP contribution in [0.3, 0.4) is 0 Å². The Morgan fingerprint density at radius 1 is 1.47 bits per heavy atom. The van der Waals surface area contributed by atoms with Crippen molar-refractivity contribution in [1.82, 2.24) is 0 Å². The third-order valence-electron chi connectivity index (χ3n) is 2.16. The van der Waals surface area contributed by atoms with Crippen LogP contribution in [-0.4, -0.2) is 5.91 Å². The van der Waals surface area contributed by atoms with Gasteiger partial charge in [-0.1, -0.05) is 13.3 Å². The molecule has 1 aromatic heterocycles. The Hall–Kier alpha value is -0.900. The normalized spacial score (nSPS) is 9.40. The molecule has 3 nitrogen and oxygen atoms in total. The monoisotopic (exact) mass is 272 g/mol. The van der Waals surface area contributed by atoms with E-state index in [4.69, 9.17) is 5.73 Å². The first-order valence-electron chi connectivity index (χ1n) is 5.03. The van der Waals surface area contributed by atoms with E-state index in [1.165, 1.54) is 12.8 Å². The van der Waals surface area contributed by atoms with Crippen LogP contribution in [0.1, 0.15) is 36.5 Å². The highest BCUT2D eigenvalue weighted by atomic mass is 79.9. The summed E-state index contributed by atoms with van der Waals surface area (Å²) in [5, 5.41) is 0. The van der Waals surface area contributed by atoms with Crippen LogP contribution >= 0.6 is 0 Å². The lowest BCUT2D eigenvalue weighted by molar-refractivity contribution is -0.697. The van der Waals surface area contributed by atoms with E-state index in [0.717, 1.165) is 13.0 Å². The predicted octanol–water partition coefficient (Wildman–Crippen LogP) is -1.73. The first-order valence-corrected chi connectivity index (χ1v) is 5.03. The number of halogens is 1. The van der Waals surface area contributed by atoms with Gasteiger partial charge < -0.3 is 22.7 Å². The lowest BCUT2D eigenvalue weighted by Crippen LogP contribution is -3.00. The van der Waals surface area contributed by atoms with E-state index in [2.05, 4.69) is 6.92 Å². The number of unbranched alkanes of at least 4 members (excludes halogenated alkanes) is 2. The molecule has 4 heteroatoms. The maximum absolute atomic E-state index is 10.9. The molecule has 0 radical (unpaired) electrons. The summed E-state index contributed by atoms with van der Waals surface area (Å²) in [5.41, 5.74) is 5.76. The van der Waals surface area contributed by atoms with Gasteiger partial charge in [0, 0.05) is 12.5 Å². The molecule has 15 heavy (non-hydrogen) atoms. The number of amides is 1. The van der Waals surface area contributed by atoms with E-state index < -0.39 is 0 Å². The Morgan fingerprint density at radius 3 is 2.80 bits per heavy atom. The van der Waals surface area contributed by atoms with Crippen molar-refractivity contribution >= 4 is 5.91 Å². The molecule has 0 aliphatic heterocycles. The van der Waals surface area contributed by atoms with E-state index in [9.17, 15) is 4.79 Å². The van der Waals surface area contributed by atoms with E-state index in [1.807, 2.05) is 16.8 Å². The summed E-state index contributed by atoms with van der Waals surface area (Å²) in [5.74, 6) is -0.366. The second-order valence-corrected chi connectivity index (χ2v) is 3.40. The molecule has 0 unspecified atom stereocenters. The molecule has 0 bridgehead atoms. The number of hydrogen-bond acceptors (Lipinski definition) is 1. The number of nitrogens with zero attached hydrogens (tertiary/aromatic N) is 1. The van der Waals surface area contributed by atoms with Crippen molar-refractivity contribution in [1.29, 1.82) is 0 Å². The number of aromatic nitrogens is 1. The molecular formula is C11H17BrN2O. The van der Waals surface area contributed by atoms with Gasteiger partial charge in [-0.2, -0.15) is 0 Å². The van der Waals surface area contributed by atoms with Crippen LogP contribution in [0, 0.1) is 0 Å². The molecule has 1 rings (SSSR count). The Bertz CT molecular complexity index is 315. The zero-order chi connectivity index (χ0) is 10.4. The fourth-order valence-electron chi connectivity index (χ4n) is 1.35. The quantitative estimate of drug-likeness (QED) is 0.503. The van der Waals surface area contributed by atoms with Gasteiger partial charge in [-0.05, 0) is 12.5 Å². The third kappa shape index (κ3) is 4.93. The summed E-state index contributed by atoms with van der Waals surface area (Å²) < 4.78 is 2.01. The first-order chi connectivity index (χ1) is 6.74. The molecule has 0 fully saturated rings. The van der Waals surface area contributed by atoms with Gasteiger partial charge >= 0.3 is 0 Å². The van der Waals surface area contributed by atoms with Gasteiger partial charge in [0.25, 0.3) is 5.91 Å². The van der Waals surface area contributed by atoms with Crippen molar-refractivity contribution in [3.8, 4) is 0 Å². The van der Waals surface area contributed by atoms with Crippen LogP contribution in [0.2, 0.25) is 0 Å². The molecule has 2 N–H and O–H groups in total. The lowest BCUT2D eigenvalue weighted by Gasteiger charge is -1.97. The van der Waals surface area contributed by atoms with Crippen molar-refractivity contribution < 1.29 is 26.3 Å². The zero-order valence-corrected chi connectivity index (χ0v) is 10.5. The van der Waals surface area contributed by atoms with Crippen LogP contribution in [0.4, 0.5) is 0 Å². The third-order valence-corrected chi connectivity index (χ3v) is 2.16. The van der Waals surface area contributed by atoms with Gasteiger partial charge in [-0.3, -0.25) is 4.79 Å². The summed E-state index contributed by atoms with van der Waals surface area (Å²) in [6.07, 6.45) is 7.33. The fraction of sp³-hybridized carbons (Fsp3) is 0.455. The van der Waals surface area contributed by atoms with Gasteiger partial charge in [0.15, 0.2) is 12.4 Å². The Morgan fingerprint density at radius 2 is 2.20 bits per heavy atom. The number of rotatable bonds is 5. The number of carbonyl (C=O) groups excluding carboxylic acids is 1. The molecule has 0 spiro atoms. The minimum absolute atomic E-state index is 0. The van der Waals surface area contributed by atoms with Crippen LogP contribution < -0.4 is 27.3 Å². The van der Waals surface area contributed by atoms with Gasteiger partial charge in [-0.25, -0.2) is 4.57 Å². The molecule has 84 valence electrons. The van der Waals surface area contributed by atoms with Crippen molar-refractivity contribution in [2.75, 3.05) is 0 Å². The molecule has 1 amide bonds. The van der Waals surface area contributed by atoms with Gasteiger partial charge in [0.1, 0.15) is 12.1 Å². The highest BCUT2D eigenvalue weighted by molar-refractivity contribution is 5.92. The molecule has 0 aliphatic rings. The molecule has 0 aromatic carbocycles. The lowest BCUT2D eigenvalue weighted by atomic mass is 10.2. The minimum atomic E-state index is -0.366. The second-order valence-electron chi connectivity index (χ2n) is 3.40. The average Bonchev–Trinajstić information content (AvgIpc) is 2.19. The Labute approximate surface area is 101 Å². The highest BCUT2D eigenvalue weighted by Gasteiger charge is 2.05. The zero-order valence-electron chi connectivity index (χ0n) is 8.95. The van der Waals surface area contributed by atoms with Crippen LogP contribution in [0.25, 0.3) is 0 Å². The molecular weight excluding hydrogens is 256 g/mol. The van der Waals surface area contributed by atoms with Crippen LogP contribution in [0.15, 0.2) is 24.5 Å². The largest absolute Gasteiger partial charge is 1.00 e. The summed E-state index contributed by atoms with van der Waals surface area (Å²) in [6, 6.07) is 3.59. The Kier molecular flexibility index (Phi) is 6.96. The van der Waals surface area contributed by atoms with Crippen molar-refractivity contribution in [2.45, 2.75) is 32.7 Å². The van der Waals surface area contributed by atoms with E-state index >= 15 is 0 Å². The molecule has 0 atom stereocenters. The van der Waals surface area contributed by atoms with Crippen molar-refractivity contribution in [2.24, 2.45) is 5.73 Å². The molecule has 0 aliphatic carbocycles. The number of nitrogens with two attached hydrogens (primary N) is 1. The van der Waals surface area contributed by atoms with Gasteiger partial charge in [0.05, 0.1) is 0 Å². The number of aryl methyl sites for hydroxylation is 1. The molecule has 1 aromatic rings. The van der Waals surface area contributed by atoms with Gasteiger partial charge in [0.2, 0.25) is 0 Å². The van der Waals surface area contributed by atoms with E-state index in [1.54, 1.807) is 12.3 Å². The van der Waals surface area contributed by atoms with Crippen LogP contribution in [-0.2, 0) is 6.54 Å². The topological polar surface area (TPSA) is 47.0 Å². The van der Waals surface area contributed by atoms with Gasteiger partial charge in [-0.15, -0.1) is 0 Å². The minimum Gasteiger partial charge on any atom is -1.00 e. The molecule has 0 saturated heterocycles. The maximum atomic E-state index is 10.9. The smallest absolute Gasteiger partial charge is 0.254 e. The van der Waals surface area contributed by atoms with E-state index in [-0.39, 0.29) is 22.9 Å². The summed E-state index contributed by atoms with van der Waals surface area (Å²) in [4.78, 5) is 10.9. The average molecular weight is 273 g/mol. The first kappa shape index (κ1) is 14.1. The number of pyridine rings is 1. The van der Waals surface area contributed by atoms with Crippen molar-refractivity contribution in [3.63, 3.8) is 0 Å². The molecule has 1 heterocycles. The predicted molar refractivity (Wildman–Crippen MR) is 54.7 cm³/mol. The number of hydrogen-bond donors (Lipinski definition) is 1. The van der Waals surface area contributed by atoms with Crippen molar-refractivity contribution in [3.05, 3.63) is 30.1 Å². The summed E-state index contributed by atoms with van der Waals surface area (Å²) >= 11 is 0.